The number of esters is 1. The Balaban J connectivity index is 1.95. The topological polar surface area (TPSA) is 204 Å². The smallest absolute Gasteiger partial charge is 0.309 e. The average molecular weight is 843 g/mol. The van der Waals surface area contributed by atoms with E-state index < -0.39 is 47.5 Å². The van der Waals surface area contributed by atoms with Gasteiger partial charge in [-0.15, -0.1) is 11.3 Å². The third kappa shape index (κ3) is 14.5. The van der Waals surface area contributed by atoms with Crippen molar-refractivity contribution in [2.24, 2.45) is 17.3 Å². The summed E-state index contributed by atoms with van der Waals surface area (Å²) < 4.78 is 5.91. The maximum Gasteiger partial charge on any atom is 0.309 e. The highest BCUT2D eigenvalue weighted by atomic mass is 32.1. The van der Waals surface area contributed by atoms with E-state index in [4.69, 9.17) is 10.5 Å². The Bertz CT molecular complexity index is 1720. The summed E-state index contributed by atoms with van der Waals surface area (Å²) in [5.41, 5.74) is 5.53. The number of hydrogen-bond acceptors (Lipinski definition) is 11. The number of amides is 3. The van der Waals surface area contributed by atoms with Gasteiger partial charge in [-0.1, -0.05) is 72.8 Å². The second kappa shape index (κ2) is 22.9. The Kier molecular flexibility index (Phi) is 19.1. The molecule has 0 radical (unpaired) electrons. The van der Waals surface area contributed by atoms with E-state index in [2.05, 4.69) is 27.4 Å². The van der Waals surface area contributed by atoms with E-state index in [9.17, 15) is 34.2 Å². The molecule has 1 aliphatic rings. The molecular weight excluding hydrogens is 773 g/mol. The number of aliphatic carboxylic acids is 1. The molecule has 6 N–H and O–H groups in total. The normalized spacial score (nSPS) is 17.4. The van der Waals surface area contributed by atoms with Gasteiger partial charge in [0.25, 0.3) is 5.91 Å². The molecule has 0 bridgehead atoms. The summed E-state index contributed by atoms with van der Waals surface area (Å²) >= 11 is 1.16. The quantitative estimate of drug-likeness (QED) is 0.0344. The molecule has 14 nitrogen and oxygen atoms in total. The Morgan fingerprint density at radius 3 is 2.39 bits per heavy atom. The first kappa shape index (κ1) is 49.1. The number of nitrogens with one attached hydrogen (secondary N) is 2. The Morgan fingerprint density at radius 1 is 1.08 bits per heavy atom. The van der Waals surface area contributed by atoms with E-state index >= 15 is 0 Å². The van der Waals surface area contributed by atoms with Gasteiger partial charge in [0.15, 0.2) is 6.10 Å². The number of nitrogen functional groups attached to an aromatic ring is 1. The zero-order valence-electron chi connectivity index (χ0n) is 36.7. The molecule has 3 amide bonds. The van der Waals surface area contributed by atoms with Gasteiger partial charge in [-0.2, -0.15) is 0 Å². The third-order valence-corrected chi connectivity index (χ3v) is 12.5. The molecular formula is C44H70N6O8S. The molecule has 1 aromatic heterocycles. The molecule has 15 heteroatoms. The summed E-state index contributed by atoms with van der Waals surface area (Å²) in [7, 11) is 1.95. The van der Waals surface area contributed by atoms with Crippen LogP contribution in [0.15, 0.2) is 23.6 Å². The molecule has 0 saturated carbocycles. The van der Waals surface area contributed by atoms with Crippen LogP contribution in [-0.2, 0) is 30.3 Å². The fourth-order valence-corrected chi connectivity index (χ4v) is 8.56. The van der Waals surface area contributed by atoms with Crippen LogP contribution in [0.3, 0.4) is 0 Å². The monoisotopic (exact) mass is 842 g/mol. The lowest BCUT2D eigenvalue weighted by Gasteiger charge is -2.40. The highest BCUT2D eigenvalue weighted by Gasteiger charge is 2.39. The number of unbranched alkanes of at least 4 members (excludes halogenated alkanes) is 3. The number of likely N-dealkylation sites (N-methyl/N-ethyl adjacent to an activating group) is 1. The van der Waals surface area contributed by atoms with Crippen LogP contribution in [0.25, 0.3) is 0 Å². The van der Waals surface area contributed by atoms with Gasteiger partial charge in [0.1, 0.15) is 22.5 Å². The lowest BCUT2D eigenvalue weighted by Crippen LogP contribution is -2.59. The second-order valence-electron chi connectivity index (χ2n) is 17.3. The summed E-state index contributed by atoms with van der Waals surface area (Å²) in [4.78, 5) is 75.7. The van der Waals surface area contributed by atoms with E-state index in [1.54, 1.807) is 31.4 Å². The van der Waals surface area contributed by atoms with Crippen molar-refractivity contribution in [2.45, 2.75) is 156 Å². The first-order valence-electron chi connectivity index (χ1n) is 21.3. The Labute approximate surface area is 355 Å². The van der Waals surface area contributed by atoms with Crippen LogP contribution in [0.1, 0.15) is 147 Å². The van der Waals surface area contributed by atoms with Gasteiger partial charge in [-0.3, -0.25) is 28.9 Å². The molecule has 1 aromatic carbocycles. The number of aromatic nitrogens is 1. The van der Waals surface area contributed by atoms with Gasteiger partial charge in [0, 0.05) is 37.4 Å². The predicted octanol–water partition coefficient (Wildman–Crippen LogP) is 6.72. The molecule has 1 aliphatic heterocycles. The van der Waals surface area contributed by atoms with Crippen LogP contribution in [0, 0.1) is 17.3 Å². The summed E-state index contributed by atoms with van der Waals surface area (Å²) in [6.45, 7) is 15.9. The maximum absolute atomic E-state index is 14.9. The van der Waals surface area contributed by atoms with Crippen molar-refractivity contribution in [1.29, 1.82) is 0 Å². The van der Waals surface area contributed by atoms with Crippen LogP contribution >= 0.6 is 11.3 Å². The van der Waals surface area contributed by atoms with Crippen LogP contribution < -0.4 is 16.4 Å². The number of benzene rings is 1. The van der Waals surface area contributed by atoms with Crippen molar-refractivity contribution in [2.75, 3.05) is 25.9 Å². The van der Waals surface area contributed by atoms with Crippen LogP contribution in [0.4, 0.5) is 5.69 Å². The number of carbonyl (C=O) groups excluding carboxylic acids is 4. The molecule has 330 valence electrons. The van der Waals surface area contributed by atoms with Gasteiger partial charge in [-0.25, -0.2) is 4.98 Å². The average Bonchev–Trinajstić information content (AvgIpc) is 3.67. The zero-order chi connectivity index (χ0) is 44.0. The number of carboxylic acids is 1. The number of ether oxygens (including phenoxy) is 1. The van der Waals surface area contributed by atoms with E-state index in [0.29, 0.717) is 23.5 Å². The number of hydrogen-bond donors (Lipinski definition) is 5. The fraction of sp³-hybridized carbons (Fsp3) is 0.682. The standard InChI is InChI=1S/C44H70N6O8S/c1-10-12-13-15-21-50(42(55)38(28(5)11-2)48-40(54)34-17-14-16-20-49(34)9)35(27(3)4)24-37(58-29(6)51)41-47-33(26-59-41)39(53)46-31(25-44(7,8)43(56)57)22-30-18-19-32(45)36(52)23-30/h18-19,23,26-28,31,34-35,37-38,52H,10-17,20-22,24-25,45H2,1-9H3,(H,46,53)(H,48,54)(H,56,57)/t28-,31?,34+,35+,37+,38-/m0/s1. The number of phenols is 1. The molecule has 59 heavy (non-hydrogen) atoms. The van der Waals surface area contributed by atoms with Crippen molar-refractivity contribution < 1.29 is 38.9 Å². The van der Waals surface area contributed by atoms with Gasteiger partial charge in [-0.05, 0) is 89.1 Å². The number of carbonyl (C=O) groups is 5. The summed E-state index contributed by atoms with van der Waals surface area (Å²) in [6, 6.07) is 2.66. The Morgan fingerprint density at radius 2 is 1.80 bits per heavy atom. The van der Waals surface area contributed by atoms with Gasteiger partial charge < -0.3 is 36.2 Å². The van der Waals surface area contributed by atoms with Crippen molar-refractivity contribution >= 4 is 46.7 Å². The SMILES string of the molecule is CCCCCCN(C(=O)[C@@H](NC(=O)[C@H]1CCCCN1C)[C@@H](C)CC)[C@H](C[C@@H](OC(C)=O)c1nc(C(=O)NC(Cc2ccc(N)c(O)c2)CC(C)(C)C(=O)O)cs1)C(C)C. The maximum atomic E-state index is 14.9. The summed E-state index contributed by atoms with van der Waals surface area (Å²) in [6.07, 6.45) is 6.80. The van der Waals surface area contributed by atoms with Crippen LogP contribution in [0.2, 0.25) is 0 Å². The lowest BCUT2D eigenvalue weighted by atomic mass is 9.84. The molecule has 6 atom stereocenters. The number of rotatable bonds is 23. The van der Waals surface area contributed by atoms with E-state index in [1.807, 2.05) is 39.6 Å². The minimum Gasteiger partial charge on any atom is -0.506 e. The van der Waals surface area contributed by atoms with Gasteiger partial charge >= 0.3 is 11.9 Å². The van der Waals surface area contributed by atoms with Crippen molar-refractivity contribution in [3.8, 4) is 5.75 Å². The number of carboxylic acid groups (broad SMARTS) is 1. The highest BCUT2D eigenvalue weighted by Crippen LogP contribution is 2.33. The number of anilines is 1. The number of aromatic hydroxyl groups is 1. The molecule has 1 unspecified atom stereocenters. The largest absolute Gasteiger partial charge is 0.506 e. The number of likely N-dealkylation sites (tertiary alicyclic amines) is 1. The van der Waals surface area contributed by atoms with E-state index in [0.717, 1.165) is 62.8 Å². The molecule has 1 fully saturated rings. The zero-order valence-corrected chi connectivity index (χ0v) is 37.5. The molecule has 3 rings (SSSR count). The molecule has 1 saturated heterocycles. The highest BCUT2D eigenvalue weighted by molar-refractivity contribution is 7.09. The summed E-state index contributed by atoms with van der Waals surface area (Å²) in [5.74, 6) is -2.71. The fourth-order valence-electron chi connectivity index (χ4n) is 7.72. The summed E-state index contributed by atoms with van der Waals surface area (Å²) in [5, 5.41) is 28.2. The van der Waals surface area contributed by atoms with Crippen molar-refractivity contribution in [3.63, 3.8) is 0 Å². The van der Waals surface area contributed by atoms with E-state index in [1.165, 1.54) is 13.0 Å². The lowest BCUT2D eigenvalue weighted by molar-refractivity contribution is -0.150. The Hall–Kier alpha value is -4.24. The molecule has 2 aromatic rings. The first-order valence-corrected chi connectivity index (χ1v) is 22.2. The molecule has 0 spiro atoms. The van der Waals surface area contributed by atoms with E-state index in [-0.39, 0.29) is 66.1 Å². The van der Waals surface area contributed by atoms with Gasteiger partial charge in [0.05, 0.1) is 17.1 Å². The van der Waals surface area contributed by atoms with Crippen molar-refractivity contribution in [3.05, 3.63) is 39.8 Å². The first-order chi connectivity index (χ1) is 27.8. The van der Waals surface area contributed by atoms with Crippen LogP contribution in [-0.4, -0.2) is 99.0 Å². The number of phenolic OH excluding ortho intramolecular Hbond substituents is 1. The van der Waals surface area contributed by atoms with Crippen LogP contribution in [0.5, 0.6) is 5.75 Å². The third-order valence-electron chi connectivity index (χ3n) is 11.6. The predicted molar refractivity (Wildman–Crippen MR) is 231 cm³/mol. The molecule has 2 heterocycles. The molecule has 0 aliphatic carbocycles. The minimum atomic E-state index is -1.18. The van der Waals surface area contributed by atoms with Gasteiger partial charge in [0.2, 0.25) is 11.8 Å². The number of nitrogens with zero attached hydrogens (tertiary/aromatic N) is 3. The second-order valence-corrected chi connectivity index (χ2v) is 18.2. The minimum absolute atomic E-state index is 0.0706. The number of nitrogens with two attached hydrogens (primary N) is 1. The number of thiazole rings is 1. The number of piperidine rings is 1. The van der Waals surface area contributed by atoms with Crippen molar-refractivity contribution in [1.82, 2.24) is 25.4 Å².